The predicted octanol–water partition coefficient (Wildman–Crippen LogP) is 0.256. The first-order valence-electron chi connectivity index (χ1n) is 4.41. The summed E-state index contributed by atoms with van der Waals surface area (Å²) in [5.74, 6) is 0.500. The molecular formula is C8H16N2OS. The van der Waals surface area contributed by atoms with Crippen LogP contribution in [0.2, 0.25) is 0 Å². The van der Waals surface area contributed by atoms with E-state index in [9.17, 15) is 4.79 Å². The molecule has 0 aromatic heterocycles. The lowest BCUT2D eigenvalue weighted by Gasteiger charge is -2.28. The Morgan fingerprint density at radius 1 is 1.42 bits per heavy atom. The van der Waals surface area contributed by atoms with Gasteiger partial charge in [-0.2, -0.15) is 12.6 Å². The summed E-state index contributed by atoms with van der Waals surface area (Å²) in [6.07, 6.45) is 3.47. The van der Waals surface area contributed by atoms with Crippen molar-refractivity contribution in [2.45, 2.75) is 25.3 Å². The maximum atomic E-state index is 11.5. The van der Waals surface area contributed by atoms with E-state index in [-0.39, 0.29) is 5.91 Å². The third kappa shape index (κ3) is 2.38. The van der Waals surface area contributed by atoms with Crippen molar-refractivity contribution in [2.24, 2.45) is 5.73 Å². The molecule has 1 unspecified atom stereocenters. The minimum atomic E-state index is -0.411. The fourth-order valence-electron chi connectivity index (χ4n) is 1.43. The number of rotatable bonds is 2. The van der Waals surface area contributed by atoms with E-state index in [1.54, 1.807) is 0 Å². The zero-order valence-corrected chi connectivity index (χ0v) is 8.09. The van der Waals surface area contributed by atoms with Gasteiger partial charge in [0.1, 0.15) is 0 Å². The van der Waals surface area contributed by atoms with Crippen LogP contribution in [0.5, 0.6) is 0 Å². The number of hydrogen-bond donors (Lipinski definition) is 2. The number of thiol groups is 1. The topological polar surface area (TPSA) is 46.3 Å². The lowest BCUT2D eigenvalue weighted by atomic mass is 10.1. The number of hydrogen-bond acceptors (Lipinski definition) is 3. The van der Waals surface area contributed by atoms with E-state index >= 15 is 0 Å². The fourth-order valence-corrected chi connectivity index (χ4v) is 1.58. The molecular weight excluding hydrogens is 172 g/mol. The van der Waals surface area contributed by atoms with Crippen LogP contribution in [0.4, 0.5) is 0 Å². The molecule has 2 N–H and O–H groups in total. The quantitative estimate of drug-likeness (QED) is 0.610. The molecule has 1 saturated heterocycles. The van der Waals surface area contributed by atoms with Gasteiger partial charge >= 0.3 is 0 Å². The van der Waals surface area contributed by atoms with Gasteiger partial charge in [0.25, 0.3) is 0 Å². The maximum Gasteiger partial charge on any atom is 0.240 e. The fraction of sp³-hybridized carbons (Fsp3) is 0.875. The van der Waals surface area contributed by atoms with E-state index in [2.05, 4.69) is 12.6 Å². The highest BCUT2D eigenvalue weighted by Crippen LogP contribution is 2.09. The number of piperidine rings is 1. The maximum absolute atomic E-state index is 11.5. The van der Waals surface area contributed by atoms with Crippen molar-refractivity contribution in [3.63, 3.8) is 0 Å². The normalized spacial score (nSPS) is 20.7. The van der Waals surface area contributed by atoms with Gasteiger partial charge in [-0.15, -0.1) is 0 Å². The zero-order chi connectivity index (χ0) is 8.97. The molecule has 1 aliphatic rings. The number of nitrogens with two attached hydrogens (primary N) is 1. The van der Waals surface area contributed by atoms with E-state index in [1.165, 1.54) is 6.42 Å². The smallest absolute Gasteiger partial charge is 0.240 e. The van der Waals surface area contributed by atoms with Crippen LogP contribution in [0.25, 0.3) is 0 Å². The largest absolute Gasteiger partial charge is 0.341 e. The molecule has 1 atom stereocenters. The number of carbonyl (C=O) groups is 1. The molecule has 12 heavy (non-hydrogen) atoms. The number of amides is 1. The van der Waals surface area contributed by atoms with Crippen LogP contribution in [-0.4, -0.2) is 35.7 Å². The highest BCUT2D eigenvalue weighted by atomic mass is 32.1. The summed E-state index contributed by atoms with van der Waals surface area (Å²) >= 11 is 4.00. The van der Waals surface area contributed by atoms with Crippen LogP contribution < -0.4 is 5.73 Å². The molecule has 4 heteroatoms. The summed E-state index contributed by atoms with van der Waals surface area (Å²) in [5, 5.41) is 0. The highest BCUT2D eigenvalue weighted by molar-refractivity contribution is 7.80. The first kappa shape index (κ1) is 9.86. The molecule has 1 rings (SSSR count). The summed E-state index contributed by atoms with van der Waals surface area (Å²) in [5.41, 5.74) is 5.58. The second kappa shape index (κ2) is 4.72. The van der Waals surface area contributed by atoms with Crippen LogP contribution in [0.15, 0.2) is 0 Å². The molecule has 0 bridgehead atoms. The third-order valence-corrected chi connectivity index (χ3v) is 2.58. The van der Waals surface area contributed by atoms with E-state index in [1.807, 2.05) is 4.90 Å². The van der Waals surface area contributed by atoms with E-state index in [0.717, 1.165) is 25.9 Å². The minimum absolute atomic E-state index is 0.0599. The molecule has 3 nitrogen and oxygen atoms in total. The Kier molecular flexibility index (Phi) is 3.88. The van der Waals surface area contributed by atoms with Gasteiger partial charge in [-0.1, -0.05) is 0 Å². The van der Waals surface area contributed by atoms with E-state index in [0.29, 0.717) is 5.75 Å². The Morgan fingerprint density at radius 3 is 2.50 bits per heavy atom. The Balaban J connectivity index is 2.39. The van der Waals surface area contributed by atoms with Gasteiger partial charge in [0, 0.05) is 18.8 Å². The van der Waals surface area contributed by atoms with Gasteiger partial charge in [0.2, 0.25) is 5.91 Å². The molecule has 1 amide bonds. The Labute approximate surface area is 78.7 Å². The summed E-state index contributed by atoms with van der Waals surface area (Å²) in [4.78, 5) is 13.3. The summed E-state index contributed by atoms with van der Waals surface area (Å²) < 4.78 is 0. The number of nitrogens with zero attached hydrogens (tertiary/aromatic N) is 1. The molecule has 0 spiro atoms. The van der Waals surface area contributed by atoms with Gasteiger partial charge in [0.15, 0.2) is 0 Å². The van der Waals surface area contributed by atoms with Crippen molar-refractivity contribution in [1.29, 1.82) is 0 Å². The highest BCUT2D eigenvalue weighted by Gasteiger charge is 2.20. The van der Waals surface area contributed by atoms with Gasteiger partial charge in [-0.3, -0.25) is 4.79 Å². The second-order valence-electron chi connectivity index (χ2n) is 3.18. The lowest BCUT2D eigenvalue weighted by molar-refractivity contribution is -0.132. The minimum Gasteiger partial charge on any atom is -0.341 e. The third-order valence-electron chi connectivity index (χ3n) is 2.18. The number of carbonyl (C=O) groups excluding carboxylic acids is 1. The van der Waals surface area contributed by atoms with Crippen molar-refractivity contribution in [3.05, 3.63) is 0 Å². The Hall–Kier alpha value is -0.220. The van der Waals surface area contributed by atoms with Gasteiger partial charge in [-0.25, -0.2) is 0 Å². The van der Waals surface area contributed by atoms with Gasteiger partial charge < -0.3 is 10.6 Å². The van der Waals surface area contributed by atoms with Crippen LogP contribution in [0.1, 0.15) is 19.3 Å². The van der Waals surface area contributed by atoms with Crippen molar-refractivity contribution in [1.82, 2.24) is 4.90 Å². The van der Waals surface area contributed by atoms with Gasteiger partial charge in [0.05, 0.1) is 6.04 Å². The monoisotopic (exact) mass is 188 g/mol. The van der Waals surface area contributed by atoms with Crippen molar-refractivity contribution < 1.29 is 4.79 Å². The van der Waals surface area contributed by atoms with Crippen molar-refractivity contribution in [3.8, 4) is 0 Å². The molecule has 0 aromatic carbocycles. The molecule has 1 heterocycles. The molecule has 1 aliphatic heterocycles. The second-order valence-corrected chi connectivity index (χ2v) is 3.54. The average Bonchev–Trinajstić information content (AvgIpc) is 2.17. The SMILES string of the molecule is NC(CS)C(=O)N1CCCCC1. The number of likely N-dealkylation sites (tertiary alicyclic amines) is 1. The Bertz CT molecular complexity index is 157. The molecule has 0 aromatic rings. The zero-order valence-electron chi connectivity index (χ0n) is 7.20. The Morgan fingerprint density at radius 2 is 2.00 bits per heavy atom. The van der Waals surface area contributed by atoms with E-state index in [4.69, 9.17) is 5.73 Å². The van der Waals surface area contributed by atoms with Crippen molar-refractivity contribution >= 4 is 18.5 Å². The summed E-state index contributed by atoms with van der Waals surface area (Å²) in [6.45, 7) is 1.75. The molecule has 0 aliphatic carbocycles. The van der Waals surface area contributed by atoms with Crippen LogP contribution in [0, 0.1) is 0 Å². The van der Waals surface area contributed by atoms with Crippen LogP contribution in [0.3, 0.4) is 0 Å². The van der Waals surface area contributed by atoms with Gasteiger partial charge in [-0.05, 0) is 19.3 Å². The summed E-state index contributed by atoms with van der Waals surface area (Å²) in [6, 6.07) is -0.411. The van der Waals surface area contributed by atoms with Crippen LogP contribution >= 0.6 is 12.6 Å². The van der Waals surface area contributed by atoms with Crippen molar-refractivity contribution in [2.75, 3.05) is 18.8 Å². The molecule has 0 saturated carbocycles. The molecule has 70 valence electrons. The molecule has 0 radical (unpaired) electrons. The summed E-state index contributed by atoms with van der Waals surface area (Å²) in [7, 11) is 0. The first-order valence-corrected chi connectivity index (χ1v) is 5.04. The van der Waals surface area contributed by atoms with Crippen LogP contribution in [-0.2, 0) is 4.79 Å². The predicted molar refractivity (Wildman–Crippen MR) is 52.3 cm³/mol. The van der Waals surface area contributed by atoms with E-state index < -0.39 is 6.04 Å². The average molecular weight is 188 g/mol. The first-order chi connectivity index (χ1) is 5.75. The molecule has 1 fully saturated rings. The standard InChI is InChI=1S/C8H16N2OS/c9-7(6-12)8(11)10-4-2-1-3-5-10/h7,12H,1-6,9H2. The lowest BCUT2D eigenvalue weighted by Crippen LogP contribution is -2.46.